The van der Waals surface area contributed by atoms with E-state index in [9.17, 15) is 4.79 Å². The van der Waals surface area contributed by atoms with E-state index in [-0.39, 0.29) is 5.91 Å². The zero-order valence-electron chi connectivity index (χ0n) is 12.1. The smallest absolute Gasteiger partial charge is 0.257 e. The Morgan fingerprint density at radius 2 is 2.00 bits per heavy atom. The number of aromatic nitrogens is 2. The molecule has 5 nitrogen and oxygen atoms in total. The van der Waals surface area contributed by atoms with Gasteiger partial charge in [0.1, 0.15) is 0 Å². The van der Waals surface area contributed by atoms with E-state index in [1.165, 1.54) is 0 Å². The molecule has 0 fully saturated rings. The first-order valence-electron chi connectivity index (χ1n) is 6.55. The fourth-order valence-electron chi connectivity index (χ4n) is 2.25. The van der Waals surface area contributed by atoms with E-state index >= 15 is 0 Å². The van der Waals surface area contributed by atoms with Crippen molar-refractivity contribution >= 4 is 5.91 Å². The highest BCUT2D eigenvalue weighted by molar-refractivity contribution is 5.94. The Kier molecular flexibility index (Phi) is 4.20. The number of hydrogen-bond acceptors (Lipinski definition) is 3. The van der Waals surface area contributed by atoms with E-state index in [0.717, 1.165) is 16.8 Å². The summed E-state index contributed by atoms with van der Waals surface area (Å²) in [5, 5.41) is 4.20. The van der Waals surface area contributed by atoms with Crippen LogP contribution in [-0.2, 0) is 20.1 Å². The highest BCUT2D eigenvalue weighted by Crippen LogP contribution is 2.14. The summed E-state index contributed by atoms with van der Waals surface area (Å²) >= 11 is 0. The third-order valence-corrected chi connectivity index (χ3v) is 3.34. The van der Waals surface area contributed by atoms with Crippen molar-refractivity contribution in [2.24, 2.45) is 12.8 Å². The lowest BCUT2D eigenvalue weighted by Crippen LogP contribution is -2.27. The molecular weight excluding hydrogens is 252 g/mol. The number of carbonyl (C=O) groups is 1. The molecule has 1 aromatic heterocycles. The predicted molar refractivity (Wildman–Crippen MR) is 78.1 cm³/mol. The second kappa shape index (κ2) is 5.88. The van der Waals surface area contributed by atoms with Gasteiger partial charge < -0.3 is 10.6 Å². The summed E-state index contributed by atoms with van der Waals surface area (Å²) in [6, 6.07) is 7.91. The van der Waals surface area contributed by atoms with Gasteiger partial charge in [-0.2, -0.15) is 5.10 Å². The zero-order chi connectivity index (χ0) is 14.7. The summed E-state index contributed by atoms with van der Waals surface area (Å²) < 4.78 is 1.66. The van der Waals surface area contributed by atoms with Crippen molar-refractivity contribution in [3.05, 3.63) is 52.8 Å². The van der Waals surface area contributed by atoms with E-state index in [4.69, 9.17) is 5.73 Å². The van der Waals surface area contributed by atoms with Crippen LogP contribution in [0, 0.1) is 6.92 Å². The molecule has 0 saturated carbocycles. The molecule has 2 aromatic rings. The normalized spacial score (nSPS) is 10.6. The minimum Gasteiger partial charge on any atom is -0.337 e. The maximum Gasteiger partial charge on any atom is 0.257 e. The zero-order valence-corrected chi connectivity index (χ0v) is 12.1. The quantitative estimate of drug-likeness (QED) is 0.916. The second-order valence-corrected chi connectivity index (χ2v) is 4.94. The maximum absolute atomic E-state index is 12.4. The van der Waals surface area contributed by atoms with Crippen molar-refractivity contribution in [1.29, 1.82) is 0 Å². The molecule has 20 heavy (non-hydrogen) atoms. The average Bonchev–Trinajstić information content (AvgIpc) is 2.77. The molecule has 0 spiro atoms. The number of amides is 1. The monoisotopic (exact) mass is 272 g/mol. The first-order valence-corrected chi connectivity index (χ1v) is 6.55. The number of hydrogen-bond donors (Lipinski definition) is 1. The lowest BCUT2D eigenvalue weighted by atomic mass is 10.1. The van der Waals surface area contributed by atoms with Gasteiger partial charge in [-0.1, -0.05) is 24.3 Å². The van der Waals surface area contributed by atoms with Gasteiger partial charge in [-0.05, 0) is 18.1 Å². The van der Waals surface area contributed by atoms with Gasteiger partial charge in [-0.25, -0.2) is 0 Å². The van der Waals surface area contributed by atoms with Crippen LogP contribution in [0.25, 0.3) is 0 Å². The summed E-state index contributed by atoms with van der Waals surface area (Å²) in [7, 11) is 3.61. The van der Waals surface area contributed by atoms with E-state index < -0.39 is 0 Å². The summed E-state index contributed by atoms with van der Waals surface area (Å²) in [5.74, 6) is -0.0255. The summed E-state index contributed by atoms with van der Waals surface area (Å²) in [6.45, 7) is 2.86. The van der Waals surface area contributed by atoms with Gasteiger partial charge in [0, 0.05) is 33.4 Å². The van der Waals surface area contributed by atoms with Crippen LogP contribution in [0.2, 0.25) is 0 Å². The Morgan fingerprint density at radius 1 is 1.35 bits per heavy atom. The standard InChI is InChI=1S/C15H20N4O/c1-11-14(10-19(3)17-11)15(20)18(2)9-13-7-5-4-6-12(13)8-16/h4-7,10H,8-9,16H2,1-3H3. The minimum atomic E-state index is -0.0255. The first kappa shape index (κ1) is 14.3. The van der Waals surface area contributed by atoms with Crippen molar-refractivity contribution < 1.29 is 4.79 Å². The molecule has 0 atom stereocenters. The maximum atomic E-state index is 12.4. The molecule has 1 amide bonds. The predicted octanol–water partition coefficient (Wildman–Crippen LogP) is 1.46. The molecule has 0 bridgehead atoms. The van der Waals surface area contributed by atoms with Crippen LogP contribution in [0.1, 0.15) is 27.2 Å². The van der Waals surface area contributed by atoms with Gasteiger partial charge in [0.25, 0.3) is 5.91 Å². The molecule has 5 heteroatoms. The topological polar surface area (TPSA) is 64.2 Å². The van der Waals surface area contributed by atoms with Gasteiger partial charge in [-0.3, -0.25) is 9.48 Å². The number of rotatable bonds is 4. The molecule has 106 valence electrons. The Balaban J connectivity index is 2.17. The number of nitrogens with zero attached hydrogens (tertiary/aromatic N) is 3. The van der Waals surface area contributed by atoms with Crippen LogP contribution in [0.15, 0.2) is 30.5 Å². The van der Waals surface area contributed by atoms with Crippen molar-refractivity contribution in [2.45, 2.75) is 20.0 Å². The minimum absolute atomic E-state index is 0.0255. The van der Waals surface area contributed by atoms with Crippen LogP contribution in [-0.4, -0.2) is 27.6 Å². The summed E-state index contributed by atoms with van der Waals surface area (Å²) in [6.07, 6.45) is 1.75. The Labute approximate surface area is 119 Å². The Morgan fingerprint density at radius 3 is 2.55 bits per heavy atom. The molecular formula is C15H20N4O. The van der Waals surface area contributed by atoms with Crippen LogP contribution in [0.3, 0.4) is 0 Å². The Hall–Kier alpha value is -2.14. The van der Waals surface area contributed by atoms with Gasteiger partial charge in [0.2, 0.25) is 0 Å². The third-order valence-electron chi connectivity index (χ3n) is 3.34. The average molecular weight is 272 g/mol. The molecule has 2 rings (SSSR count). The molecule has 0 unspecified atom stereocenters. The molecule has 1 aromatic carbocycles. The number of benzene rings is 1. The van der Waals surface area contributed by atoms with E-state index in [0.29, 0.717) is 18.7 Å². The van der Waals surface area contributed by atoms with Crippen molar-refractivity contribution in [3.63, 3.8) is 0 Å². The largest absolute Gasteiger partial charge is 0.337 e. The lowest BCUT2D eigenvalue weighted by Gasteiger charge is -2.18. The first-order chi connectivity index (χ1) is 9.52. The lowest BCUT2D eigenvalue weighted by molar-refractivity contribution is 0.0784. The number of nitrogens with two attached hydrogens (primary N) is 1. The molecule has 0 radical (unpaired) electrons. The fraction of sp³-hybridized carbons (Fsp3) is 0.333. The van der Waals surface area contributed by atoms with Gasteiger partial charge >= 0.3 is 0 Å². The number of carbonyl (C=O) groups excluding carboxylic acids is 1. The second-order valence-electron chi connectivity index (χ2n) is 4.94. The van der Waals surface area contributed by atoms with Crippen LogP contribution in [0.4, 0.5) is 0 Å². The molecule has 2 N–H and O–H groups in total. The summed E-state index contributed by atoms with van der Waals surface area (Å²) in [4.78, 5) is 14.1. The van der Waals surface area contributed by atoms with E-state index in [1.807, 2.05) is 38.2 Å². The van der Waals surface area contributed by atoms with E-state index in [2.05, 4.69) is 5.10 Å². The van der Waals surface area contributed by atoms with Gasteiger partial charge in [0.15, 0.2) is 0 Å². The molecule has 0 aliphatic rings. The van der Waals surface area contributed by atoms with Crippen LogP contribution >= 0.6 is 0 Å². The van der Waals surface area contributed by atoms with Gasteiger partial charge in [0.05, 0.1) is 11.3 Å². The SMILES string of the molecule is Cc1nn(C)cc1C(=O)N(C)Cc1ccccc1CN. The molecule has 0 aliphatic heterocycles. The van der Waals surface area contributed by atoms with Crippen molar-refractivity contribution in [3.8, 4) is 0 Å². The van der Waals surface area contributed by atoms with Crippen LogP contribution in [0.5, 0.6) is 0 Å². The third kappa shape index (κ3) is 2.88. The van der Waals surface area contributed by atoms with Crippen molar-refractivity contribution in [1.82, 2.24) is 14.7 Å². The van der Waals surface area contributed by atoms with Crippen molar-refractivity contribution in [2.75, 3.05) is 7.05 Å². The van der Waals surface area contributed by atoms with Gasteiger partial charge in [-0.15, -0.1) is 0 Å². The number of aryl methyl sites for hydroxylation is 2. The fourth-order valence-corrected chi connectivity index (χ4v) is 2.25. The van der Waals surface area contributed by atoms with E-state index in [1.54, 1.807) is 22.8 Å². The molecule has 1 heterocycles. The molecule has 0 saturated heterocycles. The highest BCUT2D eigenvalue weighted by atomic mass is 16.2. The summed E-state index contributed by atoms with van der Waals surface area (Å²) in [5.41, 5.74) is 9.25. The highest BCUT2D eigenvalue weighted by Gasteiger charge is 2.17. The van der Waals surface area contributed by atoms with Crippen LogP contribution < -0.4 is 5.73 Å². The molecule has 0 aliphatic carbocycles. The Bertz CT molecular complexity index is 618.